The molecule has 0 bridgehead atoms. The zero-order chi connectivity index (χ0) is 15.4. The van der Waals surface area contributed by atoms with Gasteiger partial charge in [0.15, 0.2) is 0 Å². The van der Waals surface area contributed by atoms with E-state index in [2.05, 4.69) is 0 Å². The Morgan fingerprint density at radius 1 is 1.19 bits per heavy atom. The molecule has 0 spiro atoms. The molecule has 0 aromatic heterocycles. The lowest BCUT2D eigenvalue weighted by molar-refractivity contribution is -0.140. The van der Waals surface area contributed by atoms with E-state index >= 15 is 0 Å². The molecule has 1 aromatic rings. The number of alkyl halides is 3. The van der Waals surface area contributed by atoms with Gasteiger partial charge in [-0.15, -0.1) is 12.4 Å². The van der Waals surface area contributed by atoms with Crippen molar-refractivity contribution in [3.63, 3.8) is 0 Å². The monoisotopic (exact) mass is 350 g/mol. The van der Waals surface area contributed by atoms with Crippen LogP contribution >= 0.6 is 12.4 Å². The van der Waals surface area contributed by atoms with E-state index in [4.69, 9.17) is 5.73 Å². The second kappa shape index (κ2) is 7.92. The summed E-state index contributed by atoms with van der Waals surface area (Å²) in [4.78, 5) is -0.987. The van der Waals surface area contributed by atoms with Crippen LogP contribution in [0.5, 0.6) is 0 Å². The molecule has 10 heteroatoms. The minimum atomic E-state index is -4.95. The summed E-state index contributed by atoms with van der Waals surface area (Å²) in [5.41, 5.74) is 3.70. The zero-order valence-electron chi connectivity index (χ0n) is 10.8. The molecule has 4 nitrogen and oxygen atoms in total. The molecule has 0 aliphatic carbocycles. The molecule has 0 saturated heterocycles. The average Bonchev–Trinajstić information content (AvgIpc) is 2.33. The van der Waals surface area contributed by atoms with E-state index in [9.17, 15) is 26.0 Å². The molecule has 1 aromatic carbocycles. The van der Waals surface area contributed by atoms with Crippen LogP contribution in [0, 0.1) is 5.82 Å². The second-order valence-corrected chi connectivity index (χ2v) is 5.77. The molecule has 0 aliphatic heterocycles. The van der Waals surface area contributed by atoms with Crippen molar-refractivity contribution >= 4 is 22.4 Å². The quantitative estimate of drug-likeness (QED) is 0.610. The Morgan fingerprint density at radius 3 is 2.33 bits per heavy atom. The summed E-state index contributed by atoms with van der Waals surface area (Å²) >= 11 is 0. The van der Waals surface area contributed by atoms with E-state index in [1.807, 2.05) is 4.72 Å². The highest BCUT2D eigenvalue weighted by Gasteiger charge is 2.37. The molecule has 0 fully saturated rings. The van der Waals surface area contributed by atoms with Crippen molar-refractivity contribution in [2.75, 3.05) is 13.1 Å². The van der Waals surface area contributed by atoms with Gasteiger partial charge in [-0.2, -0.15) is 13.2 Å². The Labute approximate surface area is 126 Å². The number of hydrogen-bond donors (Lipinski definition) is 2. The lowest BCUT2D eigenvalue weighted by atomic mass is 10.2. The molecule has 0 aliphatic rings. The predicted molar refractivity (Wildman–Crippen MR) is 72.1 cm³/mol. The van der Waals surface area contributed by atoms with Gasteiger partial charge in [0.25, 0.3) is 0 Å². The van der Waals surface area contributed by atoms with Crippen LogP contribution < -0.4 is 10.5 Å². The first-order chi connectivity index (χ1) is 9.18. The number of rotatable bonds is 6. The van der Waals surface area contributed by atoms with Gasteiger partial charge in [0.1, 0.15) is 5.82 Å². The highest BCUT2D eigenvalue weighted by molar-refractivity contribution is 7.89. The minimum absolute atomic E-state index is 0. The highest BCUT2D eigenvalue weighted by atomic mass is 35.5. The molecule has 0 atom stereocenters. The van der Waals surface area contributed by atoms with Crippen LogP contribution in [-0.2, 0) is 16.2 Å². The van der Waals surface area contributed by atoms with Gasteiger partial charge in [-0.25, -0.2) is 17.5 Å². The number of hydrogen-bond acceptors (Lipinski definition) is 3. The maximum atomic E-state index is 12.9. The normalized spacial score (nSPS) is 12.0. The fourth-order valence-electron chi connectivity index (χ4n) is 1.51. The van der Waals surface area contributed by atoms with E-state index in [1.54, 1.807) is 0 Å². The van der Waals surface area contributed by atoms with Crippen molar-refractivity contribution in [2.45, 2.75) is 23.9 Å². The van der Waals surface area contributed by atoms with E-state index < -0.39 is 32.5 Å². The van der Waals surface area contributed by atoms with Crippen LogP contribution in [0.4, 0.5) is 17.6 Å². The van der Waals surface area contributed by atoms with Crippen LogP contribution in [0.25, 0.3) is 0 Å². The van der Waals surface area contributed by atoms with Crippen molar-refractivity contribution in [3.8, 4) is 0 Å². The Balaban J connectivity index is 0.00000400. The fourth-order valence-corrected chi connectivity index (χ4v) is 2.79. The maximum Gasteiger partial charge on any atom is 0.417 e. The van der Waals surface area contributed by atoms with Gasteiger partial charge >= 0.3 is 6.18 Å². The number of nitrogens with two attached hydrogens (primary N) is 1. The summed E-state index contributed by atoms with van der Waals surface area (Å²) in [7, 11) is -4.35. The van der Waals surface area contributed by atoms with Gasteiger partial charge in [0.05, 0.1) is 10.5 Å². The van der Waals surface area contributed by atoms with Crippen LogP contribution in [-0.4, -0.2) is 21.5 Å². The number of benzene rings is 1. The molecule has 0 saturated carbocycles. The maximum absolute atomic E-state index is 12.9. The van der Waals surface area contributed by atoms with Gasteiger partial charge < -0.3 is 5.73 Å². The summed E-state index contributed by atoms with van der Waals surface area (Å²) < 4.78 is 76.7. The molecule has 0 unspecified atom stereocenters. The molecule has 122 valence electrons. The fraction of sp³-hybridized carbons (Fsp3) is 0.455. The van der Waals surface area contributed by atoms with Gasteiger partial charge in [0.2, 0.25) is 10.0 Å². The summed E-state index contributed by atoms with van der Waals surface area (Å²) in [5, 5.41) is 0. The summed E-state index contributed by atoms with van der Waals surface area (Å²) in [6, 6.07) is 1.43. The minimum Gasteiger partial charge on any atom is -0.330 e. The molecule has 0 radical (unpaired) electrons. The third-order valence-electron chi connectivity index (χ3n) is 2.46. The molecular weight excluding hydrogens is 336 g/mol. The van der Waals surface area contributed by atoms with Crippen molar-refractivity contribution in [1.82, 2.24) is 4.72 Å². The third-order valence-corrected chi connectivity index (χ3v) is 3.98. The SMILES string of the molecule is Cl.NCCCCNS(=O)(=O)c1ccc(F)cc1C(F)(F)F. The molecule has 21 heavy (non-hydrogen) atoms. The van der Waals surface area contributed by atoms with E-state index in [1.165, 1.54) is 0 Å². The van der Waals surface area contributed by atoms with Crippen LogP contribution in [0.1, 0.15) is 18.4 Å². The standard InChI is InChI=1S/C11H14F4N2O2S.ClH/c12-8-3-4-10(9(7-8)11(13,14)15)20(18,19)17-6-2-1-5-16;/h3-4,7,17H,1-2,5-6,16H2;1H. The number of sulfonamides is 1. The molecule has 0 amide bonds. The second-order valence-electron chi connectivity index (χ2n) is 4.03. The van der Waals surface area contributed by atoms with Crippen LogP contribution in [0.3, 0.4) is 0 Å². The lowest BCUT2D eigenvalue weighted by Gasteiger charge is -2.14. The Bertz CT molecular complexity index is 564. The van der Waals surface area contributed by atoms with Gasteiger partial charge in [-0.3, -0.25) is 0 Å². The first-order valence-corrected chi connectivity index (χ1v) is 7.23. The van der Waals surface area contributed by atoms with Crippen molar-refractivity contribution in [1.29, 1.82) is 0 Å². The molecule has 3 N–H and O–H groups in total. The summed E-state index contributed by atoms with van der Waals surface area (Å²) in [5.74, 6) is -1.15. The topological polar surface area (TPSA) is 72.2 Å². The van der Waals surface area contributed by atoms with E-state index in [0.717, 1.165) is 0 Å². The zero-order valence-corrected chi connectivity index (χ0v) is 12.4. The van der Waals surface area contributed by atoms with Crippen molar-refractivity contribution in [2.24, 2.45) is 5.73 Å². The highest BCUT2D eigenvalue weighted by Crippen LogP contribution is 2.34. The van der Waals surface area contributed by atoms with Crippen LogP contribution in [0.2, 0.25) is 0 Å². The van der Waals surface area contributed by atoms with Gasteiger partial charge in [-0.05, 0) is 37.6 Å². The average molecular weight is 351 g/mol. The smallest absolute Gasteiger partial charge is 0.330 e. The number of nitrogens with one attached hydrogen (secondary N) is 1. The number of unbranched alkanes of at least 4 members (excludes halogenated alkanes) is 1. The Kier molecular flexibility index (Phi) is 7.58. The summed E-state index contributed by atoms with van der Waals surface area (Å²) in [6.45, 7) is 0.320. The van der Waals surface area contributed by atoms with Crippen molar-refractivity contribution < 1.29 is 26.0 Å². The lowest BCUT2D eigenvalue weighted by Crippen LogP contribution is -2.27. The van der Waals surface area contributed by atoms with Crippen molar-refractivity contribution in [3.05, 3.63) is 29.6 Å². The van der Waals surface area contributed by atoms with E-state index in [-0.39, 0.29) is 25.0 Å². The molecule has 0 heterocycles. The predicted octanol–water partition coefficient (Wildman–Crippen LogP) is 2.28. The summed E-state index contributed by atoms with van der Waals surface area (Å²) in [6.07, 6.45) is -4.01. The third kappa shape index (κ3) is 5.77. The first kappa shape index (κ1) is 20.1. The Hall–Kier alpha value is -0.900. The van der Waals surface area contributed by atoms with Gasteiger partial charge in [0, 0.05) is 6.54 Å². The number of halogens is 5. The first-order valence-electron chi connectivity index (χ1n) is 5.75. The largest absolute Gasteiger partial charge is 0.417 e. The molecule has 1 rings (SSSR count). The van der Waals surface area contributed by atoms with Gasteiger partial charge in [-0.1, -0.05) is 0 Å². The van der Waals surface area contributed by atoms with Crippen LogP contribution in [0.15, 0.2) is 23.1 Å². The Morgan fingerprint density at radius 2 is 1.81 bits per heavy atom. The molecular formula is C11H15ClF4N2O2S. The van der Waals surface area contributed by atoms with E-state index in [0.29, 0.717) is 31.5 Å².